The molecule has 2 N–H and O–H groups in total. The third-order valence-corrected chi connectivity index (χ3v) is 4.26. The molecule has 0 aliphatic rings. The molecule has 0 aliphatic carbocycles. The Balaban J connectivity index is 2.26. The van der Waals surface area contributed by atoms with Gasteiger partial charge in [-0.05, 0) is 23.8 Å². The minimum atomic E-state index is -5.11. The Labute approximate surface area is 175 Å². The maximum absolute atomic E-state index is 12.9. The number of hydrogen-bond donors (Lipinski definition) is 2. The van der Waals surface area contributed by atoms with Gasteiger partial charge in [0.05, 0.1) is 22.5 Å². The van der Waals surface area contributed by atoms with Gasteiger partial charge in [-0.25, -0.2) is 4.79 Å². The highest BCUT2D eigenvalue weighted by Gasteiger charge is 2.37. The van der Waals surface area contributed by atoms with Crippen LogP contribution in [0.4, 0.5) is 32.0 Å². The molecule has 0 spiro atoms. The van der Waals surface area contributed by atoms with Crippen molar-refractivity contribution >= 4 is 17.6 Å². The predicted octanol–water partition coefficient (Wildman–Crippen LogP) is 3.99. The van der Waals surface area contributed by atoms with Gasteiger partial charge in [-0.2, -0.15) is 26.3 Å². The van der Waals surface area contributed by atoms with Crippen molar-refractivity contribution in [3.63, 3.8) is 0 Å². The van der Waals surface area contributed by atoms with E-state index >= 15 is 0 Å². The molecule has 2 aromatic rings. The Bertz CT molecular complexity index is 1000. The number of nitrogens with zero attached hydrogens (tertiary/aromatic N) is 1. The van der Waals surface area contributed by atoms with Crippen molar-refractivity contribution in [1.82, 2.24) is 5.32 Å². The molecule has 0 aromatic heterocycles. The smallest absolute Gasteiger partial charge is 0.416 e. The van der Waals surface area contributed by atoms with Crippen LogP contribution in [0.1, 0.15) is 22.3 Å². The van der Waals surface area contributed by atoms with Crippen molar-refractivity contribution in [2.75, 3.05) is 0 Å². The summed E-state index contributed by atoms with van der Waals surface area (Å²) >= 11 is 0. The van der Waals surface area contributed by atoms with Crippen LogP contribution in [-0.2, 0) is 34.8 Å². The van der Waals surface area contributed by atoms with Crippen molar-refractivity contribution in [1.29, 1.82) is 0 Å². The number of carboxylic acid groups (broad SMARTS) is 1. The first-order chi connectivity index (χ1) is 14.7. The lowest BCUT2D eigenvalue weighted by Gasteiger charge is -2.16. The maximum Gasteiger partial charge on any atom is 0.416 e. The van der Waals surface area contributed by atoms with Gasteiger partial charge < -0.3 is 10.4 Å². The number of para-hydroxylation sites is 1. The van der Waals surface area contributed by atoms with Crippen LogP contribution in [0.25, 0.3) is 0 Å². The van der Waals surface area contributed by atoms with E-state index in [0.717, 1.165) is 6.07 Å². The van der Waals surface area contributed by atoms with E-state index < -0.39 is 70.4 Å². The number of amides is 1. The molecule has 7 nitrogen and oxygen atoms in total. The fourth-order valence-electron chi connectivity index (χ4n) is 2.83. The molecule has 172 valence electrons. The molecule has 2 aromatic carbocycles. The summed E-state index contributed by atoms with van der Waals surface area (Å²) in [7, 11) is 0. The summed E-state index contributed by atoms with van der Waals surface area (Å²) in [5.41, 5.74) is -4.33. The zero-order valence-corrected chi connectivity index (χ0v) is 15.8. The fraction of sp³-hybridized carbons (Fsp3) is 0.263. The molecule has 0 aliphatic heterocycles. The molecule has 32 heavy (non-hydrogen) atoms. The second-order valence-electron chi connectivity index (χ2n) is 6.64. The largest absolute Gasteiger partial charge is 0.480 e. The summed E-state index contributed by atoms with van der Waals surface area (Å²) in [4.78, 5) is 33.9. The summed E-state index contributed by atoms with van der Waals surface area (Å²) in [6.45, 7) is 0. The number of carboxylic acids is 1. The second-order valence-corrected chi connectivity index (χ2v) is 6.64. The number of alkyl halides is 6. The van der Waals surface area contributed by atoms with E-state index in [9.17, 15) is 51.2 Å². The van der Waals surface area contributed by atoms with Gasteiger partial charge in [0.2, 0.25) is 5.91 Å². The first kappa shape index (κ1) is 24.6. The van der Waals surface area contributed by atoms with Crippen LogP contribution >= 0.6 is 0 Å². The molecule has 13 heteroatoms. The number of benzene rings is 2. The van der Waals surface area contributed by atoms with Crippen molar-refractivity contribution in [2.45, 2.75) is 31.2 Å². The van der Waals surface area contributed by atoms with Crippen LogP contribution in [0.15, 0.2) is 42.5 Å². The van der Waals surface area contributed by atoms with Crippen LogP contribution in [0.5, 0.6) is 0 Å². The Morgan fingerprint density at radius 3 is 2.00 bits per heavy atom. The lowest BCUT2D eigenvalue weighted by Crippen LogP contribution is -2.43. The Morgan fingerprint density at radius 1 is 1.00 bits per heavy atom. The van der Waals surface area contributed by atoms with Gasteiger partial charge >= 0.3 is 18.3 Å². The number of aliphatic carboxylic acids is 1. The SMILES string of the molecule is O=C(Cc1cc(C(F)(F)F)cc(C(F)(F)F)c1)N[C@H](Cc1ccccc1[N+](=O)[O-])C(=O)O. The number of carbonyl (C=O) groups is 2. The van der Waals surface area contributed by atoms with Crippen molar-refractivity contribution in [2.24, 2.45) is 0 Å². The highest BCUT2D eigenvalue weighted by Crippen LogP contribution is 2.36. The van der Waals surface area contributed by atoms with Crippen molar-refractivity contribution < 1.29 is 46.0 Å². The van der Waals surface area contributed by atoms with E-state index in [0.29, 0.717) is 12.1 Å². The van der Waals surface area contributed by atoms with E-state index in [1.165, 1.54) is 18.2 Å². The fourth-order valence-corrected chi connectivity index (χ4v) is 2.83. The molecule has 0 saturated heterocycles. The van der Waals surface area contributed by atoms with E-state index in [-0.39, 0.29) is 11.6 Å². The molecular formula is C19H14F6N2O5. The summed E-state index contributed by atoms with van der Waals surface area (Å²) in [6, 6.07) is 3.98. The first-order valence-electron chi connectivity index (χ1n) is 8.71. The lowest BCUT2D eigenvalue weighted by atomic mass is 10.0. The minimum Gasteiger partial charge on any atom is -0.480 e. The van der Waals surface area contributed by atoms with Crippen LogP contribution in [0.3, 0.4) is 0 Å². The maximum atomic E-state index is 12.9. The average molecular weight is 464 g/mol. The Kier molecular flexibility index (Phi) is 7.11. The quantitative estimate of drug-likeness (QED) is 0.366. The van der Waals surface area contributed by atoms with E-state index in [1.54, 1.807) is 0 Å². The minimum absolute atomic E-state index is 0.0383. The normalized spacial score (nSPS) is 12.8. The number of hydrogen-bond acceptors (Lipinski definition) is 4. The van der Waals surface area contributed by atoms with Gasteiger partial charge in [0.15, 0.2) is 0 Å². The zero-order chi connectivity index (χ0) is 24.3. The van der Waals surface area contributed by atoms with E-state index in [4.69, 9.17) is 0 Å². The number of nitro groups is 1. The molecule has 1 atom stereocenters. The van der Waals surface area contributed by atoms with Gasteiger partial charge in [-0.1, -0.05) is 18.2 Å². The molecule has 0 unspecified atom stereocenters. The Morgan fingerprint density at radius 2 is 1.53 bits per heavy atom. The third-order valence-electron chi connectivity index (χ3n) is 4.26. The summed E-state index contributed by atoms with van der Waals surface area (Å²) in [5, 5.41) is 22.3. The number of rotatable bonds is 7. The molecular weight excluding hydrogens is 450 g/mol. The van der Waals surface area contributed by atoms with Gasteiger partial charge in [0.1, 0.15) is 6.04 Å². The highest BCUT2D eigenvalue weighted by atomic mass is 19.4. The number of nitrogens with one attached hydrogen (secondary N) is 1. The van der Waals surface area contributed by atoms with Gasteiger partial charge in [-0.3, -0.25) is 14.9 Å². The topological polar surface area (TPSA) is 110 Å². The molecule has 0 bridgehead atoms. The highest BCUT2D eigenvalue weighted by molar-refractivity contribution is 5.85. The summed E-state index contributed by atoms with van der Waals surface area (Å²) < 4.78 is 77.6. The number of halogens is 6. The number of carbonyl (C=O) groups excluding carboxylic acids is 1. The first-order valence-corrected chi connectivity index (χ1v) is 8.71. The monoisotopic (exact) mass is 464 g/mol. The summed E-state index contributed by atoms with van der Waals surface area (Å²) in [6.07, 6.45) is -11.7. The molecule has 2 rings (SSSR count). The average Bonchev–Trinajstić information content (AvgIpc) is 2.66. The molecule has 0 saturated carbocycles. The Hall–Kier alpha value is -3.64. The van der Waals surface area contributed by atoms with Gasteiger partial charge in [0, 0.05) is 18.1 Å². The number of nitro benzene ring substituents is 1. The lowest BCUT2D eigenvalue weighted by molar-refractivity contribution is -0.385. The summed E-state index contributed by atoms with van der Waals surface area (Å²) in [5.74, 6) is -2.78. The van der Waals surface area contributed by atoms with Gasteiger partial charge in [0.25, 0.3) is 5.69 Å². The van der Waals surface area contributed by atoms with E-state index in [1.807, 2.05) is 5.32 Å². The zero-order valence-electron chi connectivity index (χ0n) is 15.8. The second kappa shape index (κ2) is 9.24. The molecule has 1 amide bonds. The van der Waals surface area contributed by atoms with Crippen LogP contribution in [-0.4, -0.2) is 27.9 Å². The predicted molar refractivity (Wildman–Crippen MR) is 96.5 cm³/mol. The van der Waals surface area contributed by atoms with Crippen LogP contribution in [0.2, 0.25) is 0 Å². The van der Waals surface area contributed by atoms with Crippen LogP contribution in [0, 0.1) is 10.1 Å². The van der Waals surface area contributed by atoms with Crippen molar-refractivity contribution in [3.05, 3.63) is 74.8 Å². The van der Waals surface area contributed by atoms with Crippen molar-refractivity contribution in [3.8, 4) is 0 Å². The third kappa shape index (κ3) is 6.43. The molecule has 0 fully saturated rings. The van der Waals surface area contributed by atoms with Gasteiger partial charge in [-0.15, -0.1) is 0 Å². The molecule has 0 heterocycles. The van der Waals surface area contributed by atoms with Crippen LogP contribution < -0.4 is 5.32 Å². The standard InChI is InChI=1S/C19H14F6N2O5/c20-18(21,22)12-5-10(6-13(9-12)19(23,24)25)7-16(28)26-14(17(29)30)8-11-3-1-2-4-15(11)27(31)32/h1-6,9,14H,7-8H2,(H,26,28)(H,29,30)/t14-/m1/s1. The van der Waals surface area contributed by atoms with E-state index in [2.05, 4.69) is 0 Å². The molecule has 0 radical (unpaired) electrons.